The molecule has 3 rings (SSSR count). The molecule has 20 heavy (non-hydrogen) atoms. The lowest BCUT2D eigenvalue weighted by Gasteiger charge is -2.14. The fourth-order valence-electron chi connectivity index (χ4n) is 2.56. The van der Waals surface area contributed by atoms with Gasteiger partial charge in [-0.3, -0.25) is 9.48 Å². The summed E-state index contributed by atoms with van der Waals surface area (Å²) < 4.78 is 1.92. The third kappa shape index (κ3) is 2.43. The summed E-state index contributed by atoms with van der Waals surface area (Å²) in [5, 5.41) is 7.96. The van der Waals surface area contributed by atoms with Crippen LogP contribution in [-0.2, 0) is 13.0 Å². The van der Waals surface area contributed by atoms with Gasteiger partial charge in [-0.05, 0) is 37.5 Å². The monoisotopic (exact) mass is 289 g/mol. The number of aryl methyl sites for hydroxylation is 1. The number of nitrogens with one attached hydrogen (secondary N) is 1. The number of carbonyl (C=O) groups is 1. The van der Waals surface area contributed by atoms with E-state index in [0.29, 0.717) is 10.6 Å². The maximum Gasteiger partial charge on any atom is 0.255 e. The quantitative estimate of drug-likeness (QED) is 0.944. The summed E-state index contributed by atoms with van der Waals surface area (Å²) in [5.74, 6) is -0.0596. The molecule has 1 aromatic heterocycles. The summed E-state index contributed by atoms with van der Waals surface area (Å²) in [7, 11) is 0. The number of aromatic nitrogens is 2. The fraction of sp³-hybridized carbons (Fsp3) is 0.333. The number of nitrogens with zero attached hydrogens (tertiary/aromatic N) is 2. The third-order valence-electron chi connectivity index (χ3n) is 3.69. The van der Waals surface area contributed by atoms with E-state index in [2.05, 4.69) is 10.4 Å². The van der Waals surface area contributed by atoms with E-state index in [1.165, 1.54) is 0 Å². The molecule has 1 aliphatic heterocycles. The first-order chi connectivity index (χ1) is 9.65. The summed E-state index contributed by atoms with van der Waals surface area (Å²) in [6.45, 7) is 2.88. The lowest BCUT2D eigenvalue weighted by molar-refractivity contribution is 0.0939. The zero-order valence-corrected chi connectivity index (χ0v) is 12.0. The second-order valence-corrected chi connectivity index (χ2v) is 5.51. The van der Waals surface area contributed by atoms with E-state index in [4.69, 9.17) is 11.6 Å². The molecule has 0 radical (unpaired) electrons. The second kappa shape index (κ2) is 5.29. The Bertz CT molecular complexity index is 633. The first kappa shape index (κ1) is 13.2. The van der Waals surface area contributed by atoms with Gasteiger partial charge in [-0.1, -0.05) is 23.7 Å². The van der Waals surface area contributed by atoms with Crippen LogP contribution in [0.3, 0.4) is 0 Å². The lowest BCUT2D eigenvalue weighted by Crippen LogP contribution is -2.27. The van der Waals surface area contributed by atoms with Crippen molar-refractivity contribution in [2.24, 2.45) is 0 Å². The van der Waals surface area contributed by atoms with E-state index in [9.17, 15) is 4.79 Å². The number of hydrogen-bond donors (Lipinski definition) is 1. The van der Waals surface area contributed by atoms with Gasteiger partial charge in [-0.25, -0.2) is 0 Å². The molecular formula is C15H16ClN3O. The van der Waals surface area contributed by atoms with Crippen LogP contribution in [0, 0.1) is 0 Å². The zero-order valence-electron chi connectivity index (χ0n) is 11.3. The predicted octanol–water partition coefficient (Wildman–Crippen LogP) is 2.97. The van der Waals surface area contributed by atoms with Crippen LogP contribution in [0.25, 0.3) is 0 Å². The Kier molecular flexibility index (Phi) is 3.49. The standard InChI is InChI=1S/C15H16ClN3O/c1-10(11-4-6-12(16)7-5-11)18-15(20)13-9-17-19-8-2-3-14(13)19/h4-7,9-10H,2-3,8H2,1H3,(H,18,20)/t10-/m1/s1. The fourth-order valence-corrected chi connectivity index (χ4v) is 2.69. The van der Waals surface area contributed by atoms with Gasteiger partial charge in [0.05, 0.1) is 23.5 Å². The van der Waals surface area contributed by atoms with Crippen molar-refractivity contribution >= 4 is 17.5 Å². The number of amides is 1. The highest BCUT2D eigenvalue weighted by Crippen LogP contribution is 2.20. The minimum Gasteiger partial charge on any atom is -0.345 e. The van der Waals surface area contributed by atoms with Crippen LogP contribution in [0.5, 0.6) is 0 Å². The van der Waals surface area contributed by atoms with E-state index in [-0.39, 0.29) is 11.9 Å². The predicted molar refractivity (Wildman–Crippen MR) is 77.9 cm³/mol. The van der Waals surface area contributed by atoms with Gasteiger partial charge in [0.1, 0.15) is 0 Å². The minimum absolute atomic E-state index is 0.0586. The largest absolute Gasteiger partial charge is 0.345 e. The molecule has 1 aromatic carbocycles. The maximum atomic E-state index is 12.3. The van der Waals surface area contributed by atoms with Gasteiger partial charge < -0.3 is 5.32 Å². The number of halogens is 1. The highest BCUT2D eigenvalue weighted by Gasteiger charge is 2.22. The van der Waals surface area contributed by atoms with Crippen molar-refractivity contribution in [2.75, 3.05) is 0 Å². The topological polar surface area (TPSA) is 46.9 Å². The van der Waals surface area contributed by atoms with Crippen molar-refractivity contribution in [3.05, 3.63) is 52.3 Å². The summed E-state index contributed by atoms with van der Waals surface area (Å²) in [5.41, 5.74) is 2.78. The van der Waals surface area contributed by atoms with Gasteiger partial charge in [-0.2, -0.15) is 5.10 Å². The summed E-state index contributed by atoms with van der Waals surface area (Å²) in [4.78, 5) is 12.3. The Morgan fingerprint density at radius 2 is 2.15 bits per heavy atom. The summed E-state index contributed by atoms with van der Waals surface area (Å²) in [6.07, 6.45) is 3.66. The molecule has 0 aliphatic carbocycles. The van der Waals surface area contributed by atoms with E-state index in [1.54, 1.807) is 6.20 Å². The highest BCUT2D eigenvalue weighted by atomic mass is 35.5. The van der Waals surface area contributed by atoms with Gasteiger partial charge in [0, 0.05) is 11.6 Å². The molecule has 0 fully saturated rings. The van der Waals surface area contributed by atoms with Crippen LogP contribution >= 0.6 is 11.6 Å². The van der Waals surface area contributed by atoms with Crippen LogP contribution in [0.15, 0.2) is 30.5 Å². The summed E-state index contributed by atoms with van der Waals surface area (Å²) >= 11 is 5.87. The van der Waals surface area contributed by atoms with Crippen LogP contribution in [0.1, 0.15) is 41.0 Å². The van der Waals surface area contributed by atoms with Crippen molar-refractivity contribution in [2.45, 2.75) is 32.4 Å². The van der Waals surface area contributed by atoms with Crippen molar-refractivity contribution in [1.82, 2.24) is 15.1 Å². The van der Waals surface area contributed by atoms with Crippen LogP contribution in [-0.4, -0.2) is 15.7 Å². The first-order valence-corrected chi connectivity index (χ1v) is 7.14. The molecular weight excluding hydrogens is 274 g/mol. The number of fused-ring (bicyclic) bond motifs is 1. The SMILES string of the molecule is C[C@@H](NC(=O)c1cnn2c1CCC2)c1ccc(Cl)cc1. The molecule has 5 heteroatoms. The van der Waals surface area contributed by atoms with Crippen molar-refractivity contribution in [1.29, 1.82) is 0 Å². The Morgan fingerprint density at radius 3 is 2.90 bits per heavy atom. The van der Waals surface area contributed by atoms with Crippen molar-refractivity contribution in [3.63, 3.8) is 0 Å². The van der Waals surface area contributed by atoms with Gasteiger partial charge in [-0.15, -0.1) is 0 Å². The highest BCUT2D eigenvalue weighted by molar-refractivity contribution is 6.30. The van der Waals surface area contributed by atoms with Crippen LogP contribution in [0.4, 0.5) is 0 Å². The number of rotatable bonds is 3. The number of hydrogen-bond acceptors (Lipinski definition) is 2. The molecule has 0 bridgehead atoms. The molecule has 1 N–H and O–H groups in total. The van der Waals surface area contributed by atoms with E-state index < -0.39 is 0 Å². The van der Waals surface area contributed by atoms with Crippen molar-refractivity contribution in [3.8, 4) is 0 Å². The van der Waals surface area contributed by atoms with Crippen molar-refractivity contribution < 1.29 is 4.79 Å². The molecule has 4 nitrogen and oxygen atoms in total. The molecule has 1 atom stereocenters. The van der Waals surface area contributed by atoms with Gasteiger partial charge in [0.15, 0.2) is 0 Å². The Morgan fingerprint density at radius 1 is 1.40 bits per heavy atom. The molecule has 0 spiro atoms. The van der Waals surface area contributed by atoms with Gasteiger partial charge >= 0.3 is 0 Å². The maximum absolute atomic E-state index is 12.3. The first-order valence-electron chi connectivity index (χ1n) is 6.76. The zero-order chi connectivity index (χ0) is 14.1. The smallest absolute Gasteiger partial charge is 0.255 e. The van der Waals surface area contributed by atoms with E-state index in [1.807, 2.05) is 35.9 Å². The average Bonchev–Trinajstić information content (AvgIpc) is 3.01. The normalized spacial score (nSPS) is 14.9. The minimum atomic E-state index is -0.0596. The molecule has 1 aliphatic rings. The summed E-state index contributed by atoms with van der Waals surface area (Å²) in [6, 6.07) is 7.46. The van der Waals surface area contributed by atoms with Crippen LogP contribution in [0.2, 0.25) is 5.02 Å². The van der Waals surface area contributed by atoms with E-state index in [0.717, 1.165) is 30.6 Å². The molecule has 2 aromatic rings. The molecule has 0 saturated carbocycles. The number of benzene rings is 1. The lowest BCUT2D eigenvalue weighted by atomic mass is 10.1. The Labute approximate surface area is 122 Å². The third-order valence-corrected chi connectivity index (χ3v) is 3.95. The number of carbonyl (C=O) groups excluding carboxylic acids is 1. The molecule has 104 valence electrons. The molecule has 0 saturated heterocycles. The average molecular weight is 290 g/mol. The molecule has 0 unspecified atom stereocenters. The van der Waals surface area contributed by atoms with Gasteiger partial charge in [0.2, 0.25) is 0 Å². The molecule has 1 amide bonds. The van der Waals surface area contributed by atoms with Crippen LogP contribution < -0.4 is 5.32 Å². The van der Waals surface area contributed by atoms with Gasteiger partial charge in [0.25, 0.3) is 5.91 Å². The second-order valence-electron chi connectivity index (χ2n) is 5.08. The molecule has 2 heterocycles. The Hall–Kier alpha value is -1.81. The van der Waals surface area contributed by atoms with E-state index >= 15 is 0 Å². The Balaban J connectivity index is 1.73.